The Morgan fingerprint density at radius 3 is 1.54 bits per heavy atom. The summed E-state index contributed by atoms with van der Waals surface area (Å²) >= 11 is 0. The van der Waals surface area contributed by atoms with Crippen molar-refractivity contribution in [3.63, 3.8) is 0 Å². The lowest BCUT2D eigenvalue weighted by Crippen LogP contribution is -2.21. The SMILES string of the molecule is NCC(=O)O.O=S(=O)(O)C(F)(F)F. The lowest BCUT2D eigenvalue weighted by Gasteiger charge is -1.97. The first kappa shape index (κ1) is 14.6. The summed E-state index contributed by atoms with van der Waals surface area (Å²) in [6, 6.07) is 0. The van der Waals surface area contributed by atoms with Gasteiger partial charge in [-0.15, -0.1) is 0 Å². The fraction of sp³-hybridized carbons (Fsp3) is 0.667. The van der Waals surface area contributed by atoms with Crippen molar-refractivity contribution in [3.05, 3.63) is 0 Å². The van der Waals surface area contributed by atoms with E-state index in [-0.39, 0.29) is 6.54 Å². The second kappa shape index (κ2) is 4.99. The Morgan fingerprint density at radius 1 is 1.38 bits per heavy atom. The molecule has 0 atom stereocenters. The highest BCUT2D eigenvalue weighted by molar-refractivity contribution is 7.86. The highest BCUT2D eigenvalue weighted by Gasteiger charge is 2.44. The second-order valence-corrected chi connectivity index (χ2v) is 2.93. The summed E-state index contributed by atoms with van der Waals surface area (Å²) in [5.74, 6) is -0.968. The van der Waals surface area contributed by atoms with Crippen LogP contribution in [0.1, 0.15) is 0 Å². The van der Waals surface area contributed by atoms with Crippen molar-refractivity contribution >= 4 is 16.1 Å². The van der Waals surface area contributed by atoms with Crippen molar-refractivity contribution in [3.8, 4) is 0 Å². The Labute approximate surface area is 70.9 Å². The molecule has 13 heavy (non-hydrogen) atoms. The van der Waals surface area contributed by atoms with Gasteiger partial charge in [-0.1, -0.05) is 0 Å². The number of hydrogen-bond donors (Lipinski definition) is 3. The van der Waals surface area contributed by atoms with E-state index in [0.717, 1.165) is 0 Å². The van der Waals surface area contributed by atoms with Gasteiger partial charge in [-0.2, -0.15) is 21.6 Å². The van der Waals surface area contributed by atoms with E-state index < -0.39 is 21.6 Å². The van der Waals surface area contributed by atoms with Crippen molar-refractivity contribution in [1.29, 1.82) is 0 Å². The molecule has 0 spiro atoms. The minimum absolute atomic E-state index is 0.278. The Bertz CT molecular complexity index is 257. The largest absolute Gasteiger partial charge is 0.522 e. The van der Waals surface area contributed by atoms with Gasteiger partial charge in [0.05, 0.1) is 6.54 Å². The number of hydrogen-bond acceptors (Lipinski definition) is 4. The third-order valence-electron chi connectivity index (χ3n) is 0.467. The van der Waals surface area contributed by atoms with Crippen LogP contribution in [0.4, 0.5) is 13.2 Å². The molecule has 0 aromatic rings. The molecule has 6 nitrogen and oxygen atoms in total. The molecule has 0 bridgehead atoms. The average Bonchev–Trinajstić information content (AvgIpc) is 1.84. The molecule has 80 valence electrons. The van der Waals surface area contributed by atoms with Gasteiger partial charge in [-0.05, 0) is 0 Å². The summed E-state index contributed by atoms with van der Waals surface area (Å²) in [6.45, 7) is -0.278. The second-order valence-electron chi connectivity index (χ2n) is 1.52. The Hall–Kier alpha value is -0.870. The molecule has 0 fully saturated rings. The number of alkyl halides is 3. The van der Waals surface area contributed by atoms with Crippen molar-refractivity contribution in [2.75, 3.05) is 6.54 Å². The molecule has 0 aliphatic rings. The molecular weight excluding hydrogens is 219 g/mol. The summed E-state index contributed by atoms with van der Waals surface area (Å²) in [5.41, 5.74) is -0.963. The van der Waals surface area contributed by atoms with Gasteiger partial charge in [-0.25, -0.2) is 0 Å². The molecule has 0 radical (unpaired) electrons. The molecule has 0 unspecified atom stereocenters. The lowest BCUT2D eigenvalue weighted by atomic mass is 10.7. The predicted molar refractivity (Wildman–Crippen MR) is 34.3 cm³/mol. The van der Waals surface area contributed by atoms with E-state index in [1.54, 1.807) is 0 Å². The Balaban J connectivity index is 0. The van der Waals surface area contributed by atoms with Gasteiger partial charge in [0.25, 0.3) is 0 Å². The topological polar surface area (TPSA) is 118 Å². The summed E-state index contributed by atoms with van der Waals surface area (Å²) in [5, 5.41) is 7.60. The maximum atomic E-state index is 10.7. The van der Waals surface area contributed by atoms with Crippen LogP contribution in [0.25, 0.3) is 0 Å². The van der Waals surface area contributed by atoms with Crippen LogP contribution >= 0.6 is 0 Å². The zero-order chi connectivity index (χ0) is 11.3. The lowest BCUT2D eigenvalue weighted by molar-refractivity contribution is -0.135. The molecule has 0 amide bonds. The van der Waals surface area contributed by atoms with Crippen LogP contribution in [-0.4, -0.2) is 36.1 Å². The van der Waals surface area contributed by atoms with Gasteiger partial charge in [-0.3, -0.25) is 9.35 Å². The third-order valence-corrected chi connectivity index (χ3v) is 1.05. The van der Waals surface area contributed by atoms with Crippen LogP contribution in [-0.2, 0) is 14.9 Å². The van der Waals surface area contributed by atoms with Crippen LogP contribution in [0, 0.1) is 0 Å². The van der Waals surface area contributed by atoms with Gasteiger partial charge in [0.1, 0.15) is 0 Å². The number of carboxylic acids is 1. The molecule has 0 saturated carbocycles. The van der Waals surface area contributed by atoms with Crippen molar-refractivity contribution in [2.45, 2.75) is 5.51 Å². The van der Waals surface area contributed by atoms with Gasteiger partial charge in [0.15, 0.2) is 0 Å². The smallest absolute Gasteiger partial charge is 0.480 e. The molecule has 0 rings (SSSR count). The fourth-order valence-corrected chi connectivity index (χ4v) is 0. The minimum Gasteiger partial charge on any atom is -0.480 e. The van der Waals surface area contributed by atoms with E-state index in [0.29, 0.717) is 0 Å². The zero-order valence-electron chi connectivity index (χ0n) is 5.95. The molecule has 10 heteroatoms. The maximum Gasteiger partial charge on any atom is 0.522 e. The number of nitrogens with two attached hydrogens (primary N) is 1. The third kappa shape index (κ3) is 9.04. The molecular formula is C3H6F3NO5S. The highest BCUT2D eigenvalue weighted by atomic mass is 32.2. The summed E-state index contributed by atoms with van der Waals surface area (Å²) < 4.78 is 57.5. The maximum absolute atomic E-state index is 10.7. The van der Waals surface area contributed by atoms with Crippen LogP contribution in [0.15, 0.2) is 0 Å². The number of carboxylic acid groups (broad SMARTS) is 1. The van der Waals surface area contributed by atoms with Crippen molar-refractivity contribution in [1.82, 2.24) is 0 Å². The van der Waals surface area contributed by atoms with Crippen LogP contribution in [0.5, 0.6) is 0 Å². The van der Waals surface area contributed by atoms with Gasteiger partial charge < -0.3 is 10.8 Å². The van der Waals surface area contributed by atoms with E-state index in [1.807, 2.05) is 0 Å². The van der Waals surface area contributed by atoms with Crippen molar-refractivity contribution in [2.24, 2.45) is 5.73 Å². The van der Waals surface area contributed by atoms with E-state index in [9.17, 15) is 18.0 Å². The predicted octanol–water partition coefficient (Wildman–Crippen LogP) is -0.576. The first-order valence-electron chi connectivity index (χ1n) is 2.48. The van der Waals surface area contributed by atoms with Crippen LogP contribution in [0.3, 0.4) is 0 Å². The van der Waals surface area contributed by atoms with E-state index >= 15 is 0 Å². The quantitative estimate of drug-likeness (QED) is 0.406. The molecule has 0 heterocycles. The molecule has 0 aliphatic heterocycles. The van der Waals surface area contributed by atoms with Gasteiger partial charge in [0, 0.05) is 0 Å². The number of rotatable bonds is 1. The van der Waals surface area contributed by atoms with Gasteiger partial charge in [0.2, 0.25) is 0 Å². The van der Waals surface area contributed by atoms with Crippen LogP contribution < -0.4 is 5.73 Å². The zero-order valence-corrected chi connectivity index (χ0v) is 6.76. The average molecular weight is 225 g/mol. The summed E-state index contributed by atoms with van der Waals surface area (Å²) in [7, 11) is -5.84. The number of aliphatic carboxylic acids is 1. The fourth-order valence-electron chi connectivity index (χ4n) is 0. The van der Waals surface area contributed by atoms with E-state index in [2.05, 4.69) is 5.73 Å². The van der Waals surface area contributed by atoms with E-state index in [1.165, 1.54) is 0 Å². The highest BCUT2D eigenvalue weighted by Crippen LogP contribution is 2.20. The minimum atomic E-state index is -5.84. The molecule has 0 saturated heterocycles. The van der Waals surface area contributed by atoms with E-state index in [4.69, 9.17) is 18.1 Å². The summed E-state index contributed by atoms with van der Waals surface area (Å²) in [6.07, 6.45) is 0. The number of halogens is 3. The molecule has 0 aromatic carbocycles. The van der Waals surface area contributed by atoms with Crippen molar-refractivity contribution < 1.29 is 36.0 Å². The number of carbonyl (C=O) groups is 1. The first-order chi connectivity index (χ1) is 5.52. The first-order valence-corrected chi connectivity index (χ1v) is 3.92. The molecule has 4 N–H and O–H groups in total. The monoisotopic (exact) mass is 225 g/mol. The normalized spacial score (nSPS) is 11.5. The standard InChI is InChI=1S/C2H5NO2.CHF3O3S/c3-1-2(4)5;2-1(3,4)8(5,6)7/h1,3H2,(H,4,5);(H,5,6,7). The Morgan fingerprint density at radius 2 is 1.54 bits per heavy atom. The Kier molecular flexibility index (Phi) is 5.62. The van der Waals surface area contributed by atoms with Gasteiger partial charge >= 0.3 is 21.6 Å². The van der Waals surface area contributed by atoms with Crippen LogP contribution in [0.2, 0.25) is 0 Å². The molecule has 0 aromatic heterocycles. The molecule has 0 aliphatic carbocycles. The summed E-state index contributed by atoms with van der Waals surface area (Å²) in [4.78, 5) is 9.24.